The van der Waals surface area contributed by atoms with Gasteiger partial charge >= 0.3 is 5.69 Å². The standard InChI is InChI=1S/C13H24N4O3/c1-4-6-9-20-10-8-14-13-12(17(18)19)11(7-5-2)15-16(13)3/h14H,4-10H2,1-3H3. The van der Waals surface area contributed by atoms with E-state index in [0.29, 0.717) is 31.1 Å². The minimum Gasteiger partial charge on any atom is -0.380 e. The van der Waals surface area contributed by atoms with Gasteiger partial charge in [0, 0.05) is 20.2 Å². The van der Waals surface area contributed by atoms with Crippen molar-refractivity contribution < 1.29 is 9.66 Å². The Bertz CT molecular complexity index is 431. The van der Waals surface area contributed by atoms with Gasteiger partial charge in [-0.1, -0.05) is 26.7 Å². The van der Waals surface area contributed by atoms with E-state index in [4.69, 9.17) is 4.74 Å². The SMILES string of the molecule is CCCCOCCNc1c([N+](=O)[O-])c(CCC)nn1C. The Morgan fingerprint density at radius 3 is 2.70 bits per heavy atom. The number of ether oxygens (including phenoxy) is 1. The van der Waals surface area contributed by atoms with Gasteiger partial charge in [0.2, 0.25) is 5.82 Å². The molecule has 0 aliphatic carbocycles. The molecule has 0 aromatic carbocycles. The maximum Gasteiger partial charge on any atom is 0.333 e. The number of anilines is 1. The first-order chi connectivity index (χ1) is 9.61. The van der Waals surface area contributed by atoms with E-state index in [9.17, 15) is 10.1 Å². The normalized spacial score (nSPS) is 10.8. The molecule has 0 aliphatic heterocycles. The Morgan fingerprint density at radius 2 is 2.10 bits per heavy atom. The molecule has 1 aromatic heterocycles. The van der Waals surface area contributed by atoms with Crippen LogP contribution in [0.4, 0.5) is 11.5 Å². The predicted molar refractivity (Wildman–Crippen MR) is 78.1 cm³/mol. The summed E-state index contributed by atoms with van der Waals surface area (Å²) >= 11 is 0. The summed E-state index contributed by atoms with van der Waals surface area (Å²) < 4.78 is 6.97. The summed E-state index contributed by atoms with van der Waals surface area (Å²) in [5.41, 5.74) is 0.623. The van der Waals surface area contributed by atoms with Crippen LogP contribution in [0.15, 0.2) is 0 Å². The zero-order chi connectivity index (χ0) is 15.0. The molecule has 0 fully saturated rings. The monoisotopic (exact) mass is 284 g/mol. The van der Waals surface area contributed by atoms with Crippen LogP contribution in [0.2, 0.25) is 0 Å². The Balaban J connectivity index is 2.62. The van der Waals surface area contributed by atoms with E-state index in [1.54, 1.807) is 7.05 Å². The van der Waals surface area contributed by atoms with Crippen molar-refractivity contribution in [3.63, 3.8) is 0 Å². The highest BCUT2D eigenvalue weighted by Crippen LogP contribution is 2.28. The van der Waals surface area contributed by atoms with Gasteiger partial charge in [0.25, 0.3) is 0 Å². The molecule has 0 amide bonds. The summed E-state index contributed by atoms with van der Waals surface area (Å²) in [5, 5.41) is 18.5. The first-order valence-electron chi connectivity index (χ1n) is 7.13. The van der Waals surface area contributed by atoms with Gasteiger partial charge in [-0.2, -0.15) is 5.10 Å². The third-order valence-corrected chi connectivity index (χ3v) is 2.94. The molecule has 0 saturated heterocycles. The van der Waals surface area contributed by atoms with E-state index in [0.717, 1.165) is 25.9 Å². The molecule has 7 nitrogen and oxygen atoms in total. The van der Waals surface area contributed by atoms with Gasteiger partial charge in [-0.25, -0.2) is 4.68 Å². The summed E-state index contributed by atoms with van der Waals surface area (Å²) in [6.45, 7) is 5.89. The Labute approximate surface area is 119 Å². The summed E-state index contributed by atoms with van der Waals surface area (Å²) in [5.74, 6) is 0.456. The number of hydrogen-bond acceptors (Lipinski definition) is 5. The van der Waals surface area contributed by atoms with Crippen LogP contribution in [0.3, 0.4) is 0 Å². The Hall–Kier alpha value is -1.63. The van der Waals surface area contributed by atoms with Crippen molar-refractivity contribution in [2.75, 3.05) is 25.1 Å². The zero-order valence-corrected chi connectivity index (χ0v) is 12.5. The topological polar surface area (TPSA) is 82.2 Å². The van der Waals surface area contributed by atoms with Crippen LogP contribution >= 0.6 is 0 Å². The van der Waals surface area contributed by atoms with Crippen LogP contribution in [0, 0.1) is 10.1 Å². The molecule has 0 aliphatic rings. The van der Waals surface area contributed by atoms with Crippen LogP contribution in [0.1, 0.15) is 38.8 Å². The number of rotatable bonds is 10. The lowest BCUT2D eigenvalue weighted by molar-refractivity contribution is -0.384. The van der Waals surface area contributed by atoms with Crippen molar-refractivity contribution in [2.45, 2.75) is 39.5 Å². The number of nitrogens with zero attached hydrogens (tertiary/aromatic N) is 3. The Morgan fingerprint density at radius 1 is 1.35 bits per heavy atom. The van der Waals surface area contributed by atoms with Gasteiger partial charge in [-0.05, 0) is 12.8 Å². The second-order valence-corrected chi connectivity index (χ2v) is 4.67. The van der Waals surface area contributed by atoms with Crippen LogP contribution in [-0.2, 0) is 18.2 Å². The fourth-order valence-corrected chi connectivity index (χ4v) is 1.95. The molecule has 0 radical (unpaired) electrons. The van der Waals surface area contributed by atoms with Gasteiger partial charge in [0.15, 0.2) is 0 Å². The minimum atomic E-state index is -0.363. The summed E-state index contributed by atoms with van der Waals surface area (Å²) in [6, 6.07) is 0. The lowest BCUT2D eigenvalue weighted by atomic mass is 10.2. The minimum absolute atomic E-state index is 0.0860. The molecule has 0 bridgehead atoms. The zero-order valence-electron chi connectivity index (χ0n) is 12.5. The second kappa shape index (κ2) is 8.52. The molecule has 0 spiro atoms. The molecule has 0 saturated carbocycles. The van der Waals surface area contributed by atoms with Crippen molar-refractivity contribution in [3.05, 3.63) is 15.8 Å². The van der Waals surface area contributed by atoms with E-state index in [1.807, 2.05) is 6.92 Å². The highest BCUT2D eigenvalue weighted by Gasteiger charge is 2.25. The highest BCUT2D eigenvalue weighted by molar-refractivity contribution is 5.59. The van der Waals surface area contributed by atoms with Crippen LogP contribution in [0.25, 0.3) is 0 Å². The van der Waals surface area contributed by atoms with Crippen molar-refractivity contribution >= 4 is 11.5 Å². The maximum absolute atomic E-state index is 11.2. The molecular formula is C13H24N4O3. The van der Waals surface area contributed by atoms with E-state index < -0.39 is 0 Å². The van der Waals surface area contributed by atoms with Gasteiger partial charge < -0.3 is 10.1 Å². The fourth-order valence-electron chi connectivity index (χ4n) is 1.95. The van der Waals surface area contributed by atoms with E-state index in [2.05, 4.69) is 17.3 Å². The second-order valence-electron chi connectivity index (χ2n) is 4.67. The average Bonchev–Trinajstić information content (AvgIpc) is 2.70. The highest BCUT2D eigenvalue weighted by atomic mass is 16.6. The summed E-state index contributed by atoms with van der Waals surface area (Å²) in [4.78, 5) is 10.8. The smallest absolute Gasteiger partial charge is 0.333 e. The molecule has 0 unspecified atom stereocenters. The fraction of sp³-hybridized carbons (Fsp3) is 0.769. The Kier molecular flexibility index (Phi) is 7.00. The van der Waals surface area contributed by atoms with Gasteiger partial charge in [-0.3, -0.25) is 10.1 Å². The summed E-state index contributed by atoms with van der Waals surface area (Å²) in [7, 11) is 1.71. The van der Waals surface area contributed by atoms with Crippen molar-refractivity contribution in [1.29, 1.82) is 0 Å². The third-order valence-electron chi connectivity index (χ3n) is 2.94. The number of aromatic nitrogens is 2. The molecule has 1 aromatic rings. The van der Waals surface area contributed by atoms with Gasteiger partial charge in [0.05, 0.1) is 11.5 Å². The molecule has 1 rings (SSSR count). The van der Waals surface area contributed by atoms with Crippen LogP contribution in [0.5, 0.6) is 0 Å². The van der Waals surface area contributed by atoms with Crippen molar-refractivity contribution in [2.24, 2.45) is 7.05 Å². The predicted octanol–water partition coefficient (Wildman–Crippen LogP) is 2.51. The largest absolute Gasteiger partial charge is 0.380 e. The lowest BCUT2D eigenvalue weighted by Gasteiger charge is -2.06. The number of nitro groups is 1. The van der Waals surface area contributed by atoms with E-state index in [1.165, 1.54) is 4.68 Å². The van der Waals surface area contributed by atoms with Crippen LogP contribution in [-0.4, -0.2) is 34.5 Å². The summed E-state index contributed by atoms with van der Waals surface area (Å²) in [6.07, 6.45) is 3.57. The van der Waals surface area contributed by atoms with E-state index >= 15 is 0 Å². The molecule has 20 heavy (non-hydrogen) atoms. The first kappa shape index (κ1) is 16.4. The maximum atomic E-state index is 11.2. The van der Waals surface area contributed by atoms with Crippen LogP contribution < -0.4 is 5.32 Å². The first-order valence-corrected chi connectivity index (χ1v) is 7.13. The van der Waals surface area contributed by atoms with Crippen molar-refractivity contribution in [1.82, 2.24) is 9.78 Å². The quantitative estimate of drug-likeness (QED) is 0.405. The number of unbranched alkanes of at least 4 members (excludes halogenated alkanes) is 1. The lowest BCUT2D eigenvalue weighted by Crippen LogP contribution is -2.13. The molecular weight excluding hydrogens is 260 g/mol. The number of aryl methyl sites for hydroxylation is 2. The molecule has 0 atom stereocenters. The molecule has 1 heterocycles. The van der Waals surface area contributed by atoms with Gasteiger partial charge in [0.1, 0.15) is 5.69 Å². The molecule has 1 N–H and O–H groups in total. The molecule has 7 heteroatoms. The molecule has 114 valence electrons. The number of nitrogens with one attached hydrogen (secondary N) is 1. The average molecular weight is 284 g/mol. The third kappa shape index (κ3) is 4.48. The van der Waals surface area contributed by atoms with Crippen molar-refractivity contribution in [3.8, 4) is 0 Å². The number of hydrogen-bond donors (Lipinski definition) is 1. The van der Waals surface area contributed by atoms with Gasteiger partial charge in [-0.15, -0.1) is 0 Å². The van der Waals surface area contributed by atoms with E-state index in [-0.39, 0.29) is 10.6 Å².